The van der Waals surface area contributed by atoms with Crippen molar-refractivity contribution >= 4 is 17.3 Å². The Hall–Kier alpha value is -1.78. The molecule has 1 rings (SSSR count). The van der Waals surface area contributed by atoms with E-state index in [9.17, 15) is 4.79 Å². The third-order valence-electron chi connectivity index (χ3n) is 1.78. The van der Waals surface area contributed by atoms with Crippen LogP contribution >= 0.6 is 0 Å². The fourth-order valence-corrected chi connectivity index (χ4v) is 0.995. The van der Waals surface area contributed by atoms with E-state index in [1.807, 2.05) is 0 Å². The van der Waals surface area contributed by atoms with Gasteiger partial charge in [0, 0.05) is 6.20 Å². The van der Waals surface area contributed by atoms with Gasteiger partial charge < -0.3 is 15.8 Å². The molecule has 0 fully saturated rings. The van der Waals surface area contributed by atoms with Crippen LogP contribution in [-0.4, -0.2) is 24.1 Å². The zero-order valence-electron chi connectivity index (χ0n) is 8.15. The fourth-order valence-electron chi connectivity index (χ4n) is 0.995. The first-order chi connectivity index (χ1) is 6.65. The van der Waals surface area contributed by atoms with Crippen LogP contribution in [0.2, 0.25) is 0 Å². The summed E-state index contributed by atoms with van der Waals surface area (Å²) in [6.45, 7) is 1.69. The molecule has 5 nitrogen and oxygen atoms in total. The van der Waals surface area contributed by atoms with E-state index in [4.69, 9.17) is 5.73 Å². The number of nitrogens with one attached hydrogen (secondary N) is 1. The Bertz CT molecular complexity index is 328. The van der Waals surface area contributed by atoms with E-state index in [-0.39, 0.29) is 5.97 Å². The first kappa shape index (κ1) is 10.3. The third kappa shape index (κ3) is 2.35. The second-order valence-electron chi connectivity index (χ2n) is 2.85. The minimum Gasteiger partial charge on any atom is -0.467 e. The van der Waals surface area contributed by atoms with Gasteiger partial charge in [-0.25, -0.2) is 4.79 Å². The van der Waals surface area contributed by atoms with Crippen LogP contribution in [0.25, 0.3) is 0 Å². The van der Waals surface area contributed by atoms with Crippen molar-refractivity contribution in [1.82, 2.24) is 4.98 Å². The molecule has 14 heavy (non-hydrogen) atoms. The Balaban J connectivity index is 2.69. The number of hydrogen-bond acceptors (Lipinski definition) is 5. The zero-order chi connectivity index (χ0) is 10.6. The van der Waals surface area contributed by atoms with Crippen molar-refractivity contribution in [2.75, 3.05) is 18.2 Å². The van der Waals surface area contributed by atoms with Gasteiger partial charge in [-0.05, 0) is 13.0 Å². The lowest BCUT2D eigenvalue weighted by Crippen LogP contribution is -2.27. The summed E-state index contributed by atoms with van der Waals surface area (Å²) in [6, 6.07) is 1.22. The zero-order valence-corrected chi connectivity index (χ0v) is 8.15. The van der Waals surface area contributed by atoms with Gasteiger partial charge in [-0.15, -0.1) is 0 Å². The summed E-state index contributed by atoms with van der Waals surface area (Å²) < 4.78 is 4.56. The smallest absolute Gasteiger partial charge is 0.327 e. The predicted molar refractivity (Wildman–Crippen MR) is 53.8 cm³/mol. The van der Waals surface area contributed by atoms with Gasteiger partial charge in [0.1, 0.15) is 6.04 Å². The molecule has 1 aromatic rings. The second kappa shape index (κ2) is 4.45. The van der Waals surface area contributed by atoms with E-state index in [2.05, 4.69) is 15.0 Å². The van der Waals surface area contributed by atoms with Gasteiger partial charge in [0.25, 0.3) is 0 Å². The molecule has 1 unspecified atom stereocenters. The molecule has 5 heteroatoms. The first-order valence-electron chi connectivity index (χ1n) is 4.19. The van der Waals surface area contributed by atoms with Crippen LogP contribution < -0.4 is 11.1 Å². The van der Waals surface area contributed by atoms with Crippen molar-refractivity contribution in [2.45, 2.75) is 13.0 Å². The minimum atomic E-state index is -0.438. The number of carbonyl (C=O) groups is 1. The standard InChI is InChI=1S/C9H13N3O2/c1-6(9(13)14-2)12-8-5-11-4-3-7(8)10/h3-6,12H,1-2H3,(H2,10,11). The molecular formula is C9H13N3O2. The number of hydrogen-bond donors (Lipinski definition) is 2. The van der Waals surface area contributed by atoms with Crippen LogP contribution in [-0.2, 0) is 9.53 Å². The van der Waals surface area contributed by atoms with Crippen molar-refractivity contribution in [3.8, 4) is 0 Å². The summed E-state index contributed by atoms with van der Waals surface area (Å²) in [5, 5.41) is 2.90. The van der Waals surface area contributed by atoms with E-state index in [1.54, 1.807) is 25.4 Å². The maximum atomic E-state index is 11.1. The molecule has 1 atom stereocenters. The molecule has 0 saturated heterocycles. The van der Waals surface area contributed by atoms with Crippen LogP contribution in [0.5, 0.6) is 0 Å². The lowest BCUT2D eigenvalue weighted by Gasteiger charge is -2.13. The number of anilines is 2. The highest BCUT2D eigenvalue weighted by molar-refractivity contribution is 5.80. The van der Waals surface area contributed by atoms with E-state index in [1.165, 1.54) is 7.11 Å². The Kier molecular flexibility index (Phi) is 3.28. The van der Waals surface area contributed by atoms with Gasteiger partial charge in [-0.3, -0.25) is 4.98 Å². The molecule has 1 heterocycles. The molecule has 0 saturated carbocycles. The van der Waals surface area contributed by atoms with Crippen molar-refractivity contribution in [2.24, 2.45) is 0 Å². The third-order valence-corrected chi connectivity index (χ3v) is 1.78. The highest BCUT2D eigenvalue weighted by Crippen LogP contribution is 2.16. The van der Waals surface area contributed by atoms with Gasteiger partial charge in [0.15, 0.2) is 0 Å². The molecule has 0 radical (unpaired) electrons. The quantitative estimate of drug-likeness (QED) is 0.692. The molecule has 3 N–H and O–H groups in total. The number of nitrogen functional groups attached to an aromatic ring is 1. The lowest BCUT2D eigenvalue weighted by atomic mass is 10.3. The maximum absolute atomic E-state index is 11.1. The minimum absolute atomic E-state index is 0.340. The molecule has 0 spiro atoms. The Labute approximate surface area is 82.3 Å². The summed E-state index contributed by atoms with van der Waals surface area (Å²) >= 11 is 0. The lowest BCUT2D eigenvalue weighted by molar-refractivity contribution is -0.141. The number of ether oxygens (including phenoxy) is 1. The molecule has 0 aliphatic carbocycles. The number of nitrogens with two attached hydrogens (primary N) is 1. The monoisotopic (exact) mass is 195 g/mol. The fraction of sp³-hybridized carbons (Fsp3) is 0.333. The predicted octanol–water partition coefficient (Wildman–Crippen LogP) is 0.637. The van der Waals surface area contributed by atoms with Crippen molar-refractivity contribution in [1.29, 1.82) is 0 Å². The van der Waals surface area contributed by atoms with E-state index < -0.39 is 6.04 Å². The van der Waals surface area contributed by atoms with Crippen LogP contribution in [0.4, 0.5) is 11.4 Å². The molecule has 1 aromatic heterocycles. The van der Waals surface area contributed by atoms with Crippen molar-refractivity contribution < 1.29 is 9.53 Å². The normalized spacial score (nSPS) is 11.9. The van der Waals surface area contributed by atoms with Crippen LogP contribution in [0, 0.1) is 0 Å². The molecule has 0 aliphatic rings. The average molecular weight is 195 g/mol. The van der Waals surface area contributed by atoms with Crippen LogP contribution in [0.3, 0.4) is 0 Å². The molecular weight excluding hydrogens is 182 g/mol. The number of pyridine rings is 1. The number of aromatic nitrogens is 1. The number of esters is 1. The molecule has 76 valence electrons. The van der Waals surface area contributed by atoms with Gasteiger partial charge in [-0.2, -0.15) is 0 Å². The molecule has 0 bridgehead atoms. The summed E-state index contributed by atoms with van der Waals surface area (Å²) in [7, 11) is 1.34. The number of carbonyl (C=O) groups excluding carboxylic acids is 1. The molecule has 0 aliphatic heterocycles. The Morgan fingerprint density at radius 2 is 2.43 bits per heavy atom. The van der Waals surface area contributed by atoms with E-state index in [0.717, 1.165) is 0 Å². The summed E-state index contributed by atoms with van der Waals surface area (Å²) in [6.07, 6.45) is 3.15. The number of methoxy groups -OCH3 is 1. The average Bonchev–Trinajstić information content (AvgIpc) is 2.20. The second-order valence-corrected chi connectivity index (χ2v) is 2.85. The van der Waals surface area contributed by atoms with Gasteiger partial charge in [0.2, 0.25) is 0 Å². The van der Waals surface area contributed by atoms with Crippen molar-refractivity contribution in [3.05, 3.63) is 18.5 Å². The molecule has 0 aromatic carbocycles. The SMILES string of the molecule is COC(=O)C(C)Nc1cnccc1N. The largest absolute Gasteiger partial charge is 0.467 e. The Morgan fingerprint density at radius 3 is 3.00 bits per heavy atom. The summed E-state index contributed by atoms with van der Waals surface area (Å²) in [5.74, 6) is -0.340. The first-order valence-corrected chi connectivity index (χ1v) is 4.19. The molecule has 0 amide bonds. The number of nitrogens with zero attached hydrogens (tertiary/aromatic N) is 1. The van der Waals surface area contributed by atoms with E-state index in [0.29, 0.717) is 11.4 Å². The topological polar surface area (TPSA) is 77.2 Å². The summed E-state index contributed by atoms with van der Waals surface area (Å²) in [5.41, 5.74) is 6.84. The van der Waals surface area contributed by atoms with Gasteiger partial charge in [0.05, 0.1) is 24.7 Å². The Morgan fingerprint density at radius 1 is 1.71 bits per heavy atom. The summed E-state index contributed by atoms with van der Waals surface area (Å²) in [4.78, 5) is 15.0. The van der Waals surface area contributed by atoms with E-state index >= 15 is 0 Å². The maximum Gasteiger partial charge on any atom is 0.327 e. The highest BCUT2D eigenvalue weighted by atomic mass is 16.5. The highest BCUT2D eigenvalue weighted by Gasteiger charge is 2.13. The number of rotatable bonds is 3. The van der Waals surface area contributed by atoms with Crippen molar-refractivity contribution in [3.63, 3.8) is 0 Å². The van der Waals surface area contributed by atoms with Gasteiger partial charge >= 0.3 is 5.97 Å². The van der Waals surface area contributed by atoms with Crippen LogP contribution in [0.1, 0.15) is 6.92 Å². The van der Waals surface area contributed by atoms with Gasteiger partial charge in [-0.1, -0.05) is 0 Å². The van der Waals surface area contributed by atoms with Crippen LogP contribution in [0.15, 0.2) is 18.5 Å².